The van der Waals surface area contributed by atoms with Crippen molar-refractivity contribution in [3.8, 4) is 11.1 Å². The lowest BCUT2D eigenvalue weighted by molar-refractivity contribution is -0.00518. The van der Waals surface area contributed by atoms with E-state index in [-0.39, 0.29) is 0 Å². The first-order chi connectivity index (χ1) is 14.7. The number of rotatable bonds is 2. The molecule has 0 unspecified atom stereocenters. The zero-order valence-corrected chi connectivity index (χ0v) is 18.5. The van der Waals surface area contributed by atoms with Gasteiger partial charge in [-0.15, -0.1) is 11.3 Å². The van der Waals surface area contributed by atoms with E-state index in [0.717, 1.165) is 17.8 Å². The second-order valence-electron chi connectivity index (χ2n) is 10.5. The average molecular weight is 409 g/mol. The minimum absolute atomic E-state index is 0.499. The third-order valence-electron chi connectivity index (χ3n) is 8.54. The lowest BCUT2D eigenvalue weighted by Crippen LogP contribution is -2.48. The first-order valence-electron chi connectivity index (χ1n) is 11.7. The van der Waals surface area contributed by atoms with Gasteiger partial charge >= 0.3 is 0 Å². The van der Waals surface area contributed by atoms with Gasteiger partial charge < -0.3 is 0 Å². The smallest absolute Gasteiger partial charge is 0.0364 e. The quantitative estimate of drug-likeness (QED) is 0.312. The molecule has 0 atom stereocenters. The Morgan fingerprint density at radius 3 is 2.10 bits per heavy atom. The van der Waals surface area contributed by atoms with Crippen LogP contribution in [0.5, 0.6) is 0 Å². The van der Waals surface area contributed by atoms with Gasteiger partial charge in [-0.3, -0.25) is 0 Å². The van der Waals surface area contributed by atoms with Crippen LogP contribution in [-0.2, 0) is 5.41 Å². The van der Waals surface area contributed by atoms with Crippen LogP contribution >= 0.6 is 11.3 Å². The van der Waals surface area contributed by atoms with Crippen molar-refractivity contribution in [2.24, 2.45) is 17.8 Å². The number of fused-ring (bicyclic) bond motifs is 3. The van der Waals surface area contributed by atoms with Gasteiger partial charge in [-0.1, -0.05) is 48.5 Å². The van der Waals surface area contributed by atoms with E-state index < -0.39 is 0 Å². The average Bonchev–Trinajstić information content (AvgIpc) is 3.12. The monoisotopic (exact) mass is 408 g/mol. The Bertz CT molecular complexity index is 1240. The summed E-state index contributed by atoms with van der Waals surface area (Å²) in [5.74, 6) is 3.02. The minimum atomic E-state index is 0.499. The molecule has 4 fully saturated rings. The molecule has 4 bridgehead atoms. The van der Waals surface area contributed by atoms with E-state index in [9.17, 15) is 0 Å². The van der Waals surface area contributed by atoms with Gasteiger partial charge in [0.15, 0.2) is 0 Å². The van der Waals surface area contributed by atoms with E-state index in [0.29, 0.717) is 5.41 Å². The van der Waals surface area contributed by atoms with Crippen molar-refractivity contribution in [1.29, 1.82) is 0 Å². The van der Waals surface area contributed by atoms with Crippen molar-refractivity contribution in [2.45, 2.75) is 50.9 Å². The summed E-state index contributed by atoms with van der Waals surface area (Å²) in [4.78, 5) is 0. The molecule has 0 amide bonds. The van der Waals surface area contributed by atoms with Gasteiger partial charge in [-0.05, 0) is 103 Å². The number of hydrogen-bond acceptors (Lipinski definition) is 1. The van der Waals surface area contributed by atoms with Crippen molar-refractivity contribution >= 4 is 31.5 Å². The SMILES string of the molecule is Cc1cc(-c2ccc(C34CC5CC(CC(C5)C3)C4)cc2)cc2sc3ccccc3c12. The van der Waals surface area contributed by atoms with Crippen LogP contribution in [0.15, 0.2) is 60.7 Å². The molecule has 3 aromatic carbocycles. The second kappa shape index (κ2) is 6.20. The molecular weight excluding hydrogens is 380 g/mol. The van der Waals surface area contributed by atoms with Gasteiger partial charge in [0, 0.05) is 20.2 Å². The molecule has 0 spiro atoms. The van der Waals surface area contributed by atoms with Crippen molar-refractivity contribution in [3.05, 3.63) is 71.8 Å². The molecule has 150 valence electrons. The highest BCUT2D eigenvalue weighted by molar-refractivity contribution is 7.25. The normalized spacial score (nSPS) is 29.8. The molecule has 0 saturated heterocycles. The number of thiophene rings is 1. The Labute approximate surface area is 182 Å². The molecule has 1 heterocycles. The van der Waals surface area contributed by atoms with Crippen LogP contribution in [0.3, 0.4) is 0 Å². The molecule has 0 nitrogen and oxygen atoms in total. The maximum Gasteiger partial charge on any atom is 0.0364 e. The third kappa shape index (κ3) is 2.51. The van der Waals surface area contributed by atoms with Gasteiger partial charge in [0.25, 0.3) is 0 Å². The second-order valence-corrected chi connectivity index (χ2v) is 11.6. The summed E-state index contributed by atoms with van der Waals surface area (Å²) >= 11 is 1.93. The Kier molecular flexibility index (Phi) is 3.63. The summed E-state index contributed by atoms with van der Waals surface area (Å²) < 4.78 is 2.81. The van der Waals surface area contributed by atoms with E-state index in [1.165, 1.54) is 75.4 Å². The predicted octanol–water partition coefficient (Wildman–Crippen LogP) is 8.50. The Balaban J connectivity index is 1.28. The molecular formula is C29H28S. The van der Waals surface area contributed by atoms with Crippen LogP contribution < -0.4 is 0 Å². The maximum atomic E-state index is 2.48. The molecule has 4 aliphatic rings. The molecule has 30 heavy (non-hydrogen) atoms. The third-order valence-corrected chi connectivity index (χ3v) is 9.66. The molecule has 0 aliphatic heterocycles. The van der Waals surface area contributed by atoms with Gasteiger partial charge in [-0.2, -0.15) is 0 Å². The van der Waals surface area contributed by atoms with Crippen LogP contribution in [0.4, 0.5) is 0 Å². The lowest BCUT2D eigenvalue weighted by Gasteiger charge is -2.57. The van der Waals surface area contributed by atoms with Crippen molar-refractivity contribution < 1.29 is 0 Å². The molecule has 0 N–H and O–H groups in total. The summed E-state index contributed by atoms with van der Waals surface area (Å²) in [7, 11) is 0. The van der Waals surface area contributed by atoms with E-state index in [2.05, 4.69) is 67.6 Å². The number of aryl methyl sites for hydroxylation is 1. The predicted molar refractivity (Wildman–Crippen MR) is 129 cm³/mol. The first kappa shape index (κ1) is 17.5. The highest BCUT2D eigenvalue weighted by Gasteiger charge is 2.51. The summed E-state index contributed by atoms with van der Waals surface area (Å²) in [5, 5.41) is 2.84. The van der Waals surface area contributed by atoms with Crippen LogP contribution in [-0.4, -0.2) is 0 Å². The number of benzene rings is 3. The van der Waals surface area contributed by atoms with E-state index in [1.807, 2.05) is 11.3 Å². The highest BCUT2D eigenvalue weighted by atomic mass is 32.1. The Morgan fingerprint density at radius 2 is 1.40 bits per heavy atom. The Hall–Kier alpha value is -2.12. The van der Waals surface area contributed by atoms with Crippen LogP contribution in [0.2, 0.25) is 0 Å². The topological polar surface area (TPSA) is 0 Å². The van der Waals surface area contributed by atoms with Crippen LogP contribution in [0.25, 0.3) is 31.3 Å². The first-order valence-corrected chi connectivity index (χ1v) is 12.5. The van der Waals surface area contributed by atoms with Crippen molar-refractivity contribution in [3.63, 3.8) is 0 Å². The van der Waals surface area contributed by atoms with E-state index >= 15 is 0 Å². The lowest BCUT2D eigenvalue weighted by atomic mass is 9.48. The molecule has 1 heteroatoms. The molecule has 4 aliphatic carbocycles. The fourth-order valence-electron chi connectivity index (χ4n) is 7.71. The van der Waals surface area contributed by atoms with Crippen LogP contribution in [0, 0.1) is 24.7 Å². The van der Waals surface area contributed by atoms with Gasteiger partial charge in [0.2, 0.25) is 0 Å². The van der Waals surface area contributed by atoms with Gasteiger partial charge in [-0.25, -0.2) is 0 Å². The highest BCUT2D eigenvalue weighted by Crippen LogP contribution is 2.60. The maximum absolute atomic E-state index is 2.48. The van der Waals surface area contributed by atoms with Crippen molar-refractivity contribution in [1.82, 2.24) is 0 Å². The molecule has 8 rings (SSSR count). The molecule has 0 radical (unpaired) electrons. The summed E-state index contributed by atoms with van der Waals surface area (Å²) in [6.45, 7) is 2.27. The largest absolute Gasteiger partial charge is 0.135 e. The summed E-state index contributed by atoms with van der Waals surface area (Å²) in [6.07, 6.45) is 8.91. The number of hydrogen-bond donors (Lipinski definition) is 0. The zero-order chi connectivity index (χ0) is 19.9. The van der Waals surface area contributed by atoms with E-state index in [1.54, 1.807) is 5.56 Å². The Morgan fingerprint density at radius 1 is 0.733 bits per heavy atom. The van der Waals surface area contributed by atoms with Crippen LogP contribution in [0.1, 0.15) is 49.7 Å². The fourth-order valence-corrected chi connectivity index (χ4v) is 8.93. The minimum Gasteiger partial charge on any atom is -0.135 e. The van der Waals surface area contributed by atoms with Gasteiger partial charge in [0.1, 0.15) is 0 Å². The zero-order valence-electron chi connectivity index (χ0n) is 17.7. The summed E-state index contributed by atoms with van der Waals surface area (Å²) in [6, 6.07) is 23.4. The summed E-state index contributed by atoms with van der Waals surface area (Å²) in [5.41, 5.74) is 6.25. The van der Waals surface area contributed by atoms with E-state index in [4.69, 9.17) is 0 Å². The van der Waals surface area contributed by atoms with Crippen molar-refractivity contribution in [2.75, 3.05) is 0 Å². The molecule has 1 aromatic heterocycles. The molecule has 4 saturated carbocycles. The fraction of sp³-hybridized carbons (Fsp3) is 0.379. The van der Waals surface area contributed by atoms with Gasteiger partial charge in [0.05, 0.1) is 0 Å². The molecule has 4 aromatic rings. The standard InChI is InChI=1S/C29H28S/c1-18-10-23(14-27-28(18)25-4-2-3-5-26(25)30-27)22-6-8-24(9-7-22)29-15-19-11-20(16-29)13-21(12-19)17-29/h2-10,14,19-21H,11-13,15-17H2,1H3.